The molecule has 104 valence electrons. The van der Waals surface area contributed by atoms with Gasteiger partial charge in [0.05, 0.1) is 0 Å². The van der Waals surface area contributed by atoms with Crippen molar-refractivity contribution >= 4 is 55.0 Å². The molecule has 20 heavy (non-hydrogen) atoms. The molecule has 1 aliphatic heterocycles. The van der Waals surface area contributed by atoms with Crippen LogP contribution in [-0.2, 0) is 14.8 Å². The number of nitrogens with one attached hydrogen (secondary N) is 1. The number of hydrogen-bond donors (Lipinski definition) is 1. The van der Waals surface area contributed by atoms with Gasteiger partial charge in [0.2, 0.25) is 5.91 Å². The minimum atomic E-state index is -4.04. The van der Waals surface area contributed by atoms with Crippen molar-refractivity contribution in [1.82, 2.24) is 9.62 Å². The van der Waals surface area contributed by atoms with Gasteiger partial charge in [-0.05, 0) is 18.2 Å². The molecule has 1 saturated heterocycles. The zero-order chi connectivity index (χ0) is 14.5. The molecule has 6 nitrogen and oxygen atoms in total. The Balaban J connectivity index is 2.12. The number of hydrogen-bond acceptors (Lipinski definition) is 5. The SMILES string of the molecule is O=C1CN(S(=O)(=O)c2cc3c(Cl)cccc3s2)C(=O)N1. The van der Waals surface area contributed by atoms with Crippen LogP contribution >= 0.6 is 22.9 Å². The molecule has 0 aliphatic carbocycles. The van der Waals surface area contributed by atoms with E-state index in [1.165, 1.54) is 6.07 Å². The molecular formula is C11H7ClN2O4S2. The zero-order valence-electron chi connectivity index (χ0n) is 9.79. The van der Waals surface area contributed by atoms with Gasteiger partial charge in [0.25, 0.3) is 10.0 Å². The van der Waals surface area contributed by atoms with Crippen LogP contribution in [0.15, 0.2) is 28.5 Å². The fourth-order valence-corrected chi connectivity index (χ4v) is 4.95. The van der Waals surface area contributed by atoms with E-state index in [0.29, 0.717) is 19.4 Å². The number of benzene rings is 1. The summed E-state index contributed by atoms with van der Waals surface area (Å²) in [6.07, 6.45) is 0. The highest BCUT2D eigenvalue weighted by Gasteiger charge is 2.38. The van der Waals surface area contributed by atoms with Crippen molar-refractivity contribution in [2.24, 2.45) is 0 Å². The van der Waals surface area contributed by atoms with Gasteiger partial charge < -0.3 is 0 Å². The first-order valence-electron chi connectivity index (χ1n) is 5.44. The Morgan fingerprint density at radius 3 is 2.65 bits per heavy atom. The van der Waals surface area contributed by atoms with E-state index in [9.17, 15) is 18.0 Å². The molecule has 0 radical (unpaired) electrons. The molecule has 9 heteroatoms. The Kier molecular flexibility index (Phi) is 2.96. The maximum absolute atomic E-state index is 12.4. The highest BCUT2D eigenvalue weighted by atomic mass is 35.5. The lowest BCUT2D eigenvalue weighted by Crippen LogP contribution is -2.33. The third-order valence-corrected chi connectivity index (χ3v) is 6.40. The van der Waals surface area contributed by atoms with Crippen molar-refractivity contribution < 1.29 is 18.0 Å². The van der Waals surface area contributed by atoms with E-state index in [1.54, 1.807) is 18.2 Å². The topological polar surface area (TPSA) is 83.6 Å². The number of rotatable bonds is 2. The molecule has 1 aromatic carbocycles. The normalized spacial score (nSPS) is 15.9. The Bertz CT molecular complexity index is 843. The smallest absolute Gasteiger partial charge is 0.275 e. The monoisotopic (exact) mass is 330 g/mol. The Morgan fingerprint density at radius 1 is 1.30 bits per heavy atom. The van der Waals surface area contributed by atoms with Crippen LogP contribution in [0.2, 0.25) is 5.02 Å². The molecule has 3 amide bonds. The first-order chi connectivity index (χ1) is 9.39. The summed E-state index contributed by atoms with van der Waals surface area (Å²) in [6.45, 7) is -0.497. The average Bonchev–Trinajstić information content (AvgIpc) is 2.94. The van der Waals surface area contributed by atoms with Gasteiger partial charge in [0, 0.05) is 15.1 Å². The molecule has 1 aliphatic rings. The first-order valence-corrected chi connectivity index (χ1v) is 8.07. The number of carbonyl (C=O) groups excluding carboxylic acids is 2. The summed E-state index contributed by atoms with van der Waals surface area (Å²) >= 11 is 7.00. The van der Waals surface area contributed by atoms with Crippen LogP contribution in [0, 0.1) is 0 Å². The summed E-state index contributed by atoms with van der Waals surface area (Å²) in [6, 6.07) is 5.58. The molecule has 3 rings (SSSR count). The zero-order valence-corrected chi connectivity index (χ0v) is 12.2. The van der Waals surface area contributed by atoms with Crippen LogP contribution in [0.3, 0.4) is 0 Å². The minimum absolute atomic E-state index is 0.0227. The summed E-state index contributed by atoms with van der Waals surface area (Å²) in [5, 5.41) is 2.97. The van der Waals surface area contributed by atoms with Crippen LogP contribution in [0.1, 0.15) is 0 Å². The molecule has 2 aromatic rings. The second-order valence-corrected chi connectivity index (χ2v) is 7.66. The summed E-state index contributed by atoms with van der Waals surface area (Å²) in [5.41, 5.74) is 0. The summed E-state index contributed by atoms with van der Waals surface area (Å²) < 4.78 is 25.9. The Labute approximate surface area is 123 Å². The number of amides is 3. The van der Waals surface area contributed by atoms with E-state index in [1.807, 2.05) is 5.32 Å². The van der Waals surface area contributed by atoms with Crippen molar-refractivity contribution in [3.8, 4) is 0 Å². The molecule has 0 atom stereocenters. The lowest BCUT2D eigenvalue weighted by atomic mass is 10.3. The van der Waals surface area contributed by atoms with Gasteiger partial charge >= 0.3 is 6.03 Å². The molecule has 1 fully saturated rings. The van der Waals surface area contributed by atoms with Crippen LogP contribution in [-0.4, -0.2) is 31.2 Å². The second-order valence-electron chi connectivity index (χ2n) is 4.08. The van der Waals surface area contributed by atoms with Crippen molar-refractivity contribution in [2.75, 3.05) is 6.54 Å². The number of imide groups is 1. The number of thiophene rings is 1. The first kappa shape index (κ1) is 13.3. The number of carbonyl (C=O) groups is 2. The van der Waals surface area contributed by atoms with Gasteiger partial charge in [-0.3, -0.25) is 10.1 Å². The highest BCUT2D eigenvalue weighted by molar-refractivity contribution is 7.92. The molecule has 1 N–H and O–H groups in total. The third-order valence-electron chi connectivity index (χ3n) is 2.79. The summed E-state index contributed by atoms with van der Waals surface area (Å²) in [5.74, 6) is -0.641. The minimum Gasteiger partial charge on any atom is -0.275 e. The standard InChI is InChI=1S/C11H7ClN2O4S2/c12-7-2-1-3-8-6(7)4-10(19-8)20(17,18)14-5-9(15)13-11(14)16/h1-4H,5H2,(H,13,15,16). The van der Waals surface area contributed by atoms with Gasteiger partial charge in [-0.1, -0.05) is 17.7 Å². The Hall–Kier alpha value is -1.64. The van der Waals surface area contributed by atoms with E-state index in [-0.39, 0.29) is 4.21 Å². The quantitative estimate of drug-likeness (QED) is 0.851. The second kappa shape index (κ2) is 4.44. The summed E-state index contributed by atoms with van der Waals surface area (Å²) in [4.78, 5) is 22.6. The molecule has 0 saturated carbocycles. The van der Waals surface area contributed by atoms with Gasteiger partial charge in [0.1, 0.15) is 10.8 Å². The van der Waals surface area contributed by atoms with Gasteiger partial charge in [-0.25, -0.2) is 17.5 Å². The van der Waals surface area contributed by atoms with Gasteiger partial charge in [-0.2, -0.15) is 0 Å². The predicted molar refractivity (Wildman–Crippen MR) is 74.3 cm³/mol. The third kappa shape index (κ3) is 1.96. The van der Waals surface area contributed by atoms with E-state index >= 15 is 0 Å². The maximum atomic E-state index is 12.4. The maximum Gasteiger partial charge on any atom is 0.338 e. The molecule has 1 aromatic heterocycles. The number of sulfonamides is 1. The van der Waals surface area contributed by atoms with Crippen molar-refractivity contribution in [3.63, 3.8) is 0 Å². The Morgan fingerprint density at radius 2 is 2.05 bits per heavy atom. The molecule has 2 heterocycles. The number of nitrogens with zero attached hydrogens (tertiary/aromatic N) is 1. The lowest BCUT2D eigenvalue weighted by Gasteiger charge is -2.11. The highest BCUT2D eigenvalue weighted by Crippen LogP contribution is 2.35. The number of fused-ring (bicyclic) bond motifs is 1. The van der Waals surface area contributed by atoms with E-state index in [4.69, 9.17) is 11.6 Å². The van der Waals surface area contributed by atoms with Crippen LogP contribution in [0.5, 0.6) is 0 Å². The van der Waals surface area contributed by atoms with Gasteiger partial charge in [-0.15, -0.1) is 11.3 Å². The van der Waals surface area contributed by atoms with Crippen LogP contribution in [0.25, 0.3) is 10.1 Å². The number of halogens is 1. The fraction of sp³-hybridized carbons (Fsp3) is 0.0909. The van der Waals surface area contributed by atoms with Crippen molar-refractivity contribution in [1.29, 1.82) is 0 Å². The fourth-order valence-electron chi connectivity index (χ4n) is 1.86. The van der Waals surface area contributed by atoms with E-state index in [0.717, 1.165) is 11.3 Å². The molecular weight excluding hydrogens is 324 g/mol. The van der Waals surface area contributed by atoms with Crippen LogP contribution < -0.4 is 5.32 Å². The molecule has 0 spiro atoms. The molecule has 0 unspecified atom stereocenters. The van der Waals surface area contributed by atoms with Crippen molar-refractivity contribution in [2.45, 2.75) is 4.21 Å². The van der Waals surface area contributed by atoms with Crippen molar-refractivity contribution in [3.05, 3.63) is 29.3 Å². The van der Waals surface area contributed by atoms with E-state index in [2.05, 4.69) is 0 Å². The van der Waals surface area contributed by atoms with Crippen LogP contribution in [0.4, 0.5) is 4.79 Å². The predicted octanol–water partition coefficient (Wildman–Crippen LogP) is 1.80. The molecule has 0 bridgehead atoms. The summed E-state index contributed by atoms with van der Waals surface area (Å²) in [7, 11) is -4.04. The average molecular weight is 331 g/mol. The van der Waals surface area contributed by atoms with E-state index < -0.39 is 28.5 Å². The number of urea groups is 1. The lowest BCUT2D eigenvalue weighted by molar-refractivity contribution is -0.118. The van der Waals surface area contributed by atoms with Gasteiger partial charge in [0.15, 0.2) is 0 Å². The largest absolute Gasteiger partial charge is 0.338 e.